The van der Waals surface area contributed by atoms with Crippen LogP contribution in [-0.2, 0) is 47.5 Å². The third kappa shape index (κ3) is 12.3. The fourth-order valence-electron chi connectivity index (χ4n) is 10.0. The highest BCUT2D eigenvalue weighted by Crippen LogP contribution is 2.43. The molecule has 0 bridgehead atoms. The van der Waals surface area contributed by atoms with E-state index in [0.717, 1.165) is 19.3 Å². The molecule has 4 heterocycles. The van der Waals surface area contributed by atoms with Crippen molar-refractivity contribution in [2.24, 2.45) is 23.7 Å². The van der Waals surface area contributed by atoms with Gasteiger partial charge in [-0.15, -0.1) is 0 Å². The van der Waals surface area contributed by atoms with Crippen LogP contribution >= 0.6 is 21.6 Å². The number of carbonyl (C=O) groups excluding carboxylic acids is 3. The lowest BCUT2D eigenvalue weighted by Crippen LogP contribution is -2.62. The van der Waals surface area contributed by atoms with Crippen LogP contribution in [0.3, 0.4) is 0 Å². The molecule has 0 aromatic rings. The van der Waals surface area contributed by atoms with Crippen LogP contribution in [0.4, 0.5) is 0 Å². The molecular formula is C45H79NO14S2. The van der Waals surface area contributed by atoms with Gasteiger partial charge in [-0.3, -0.25) is 14.4 Å². The van der Waals surface area contributed by atoms with E-state index in [2.05, 4.69) is 0 Å². The Hall–Kier alpha value is -1.09. The Morgan fingerprint density at radius 2 is 1.56 bits per heavy atom. The zero-order chi connectivity index (χ0) is 46.5. The molecule has 19 atom stereocenters. The Labute approximate surface area is 378 Å². The molecular weight excluding hydrogens is 843 g/mol. The van der Waals surface area contributed by atoms with E-state index in [1.54, 1.807) is 60.4 Å². The normalized spacial score (nSPS) is 45.3. The maximum atomic E-state index is 14.4. The van der Waals surface area contributed by atoms with Crippen molar-refractivity contribution >= 4 is 39.2 Å². The van der Waals surface area contributed by atoms with Gasteiger partial charge >= 0.3 is 5.97 Å². The molecule has 0 spiro atoms. The van der Waals surface area contributed by atoms with Crippen LogP contribution in [0.5, 0.6) is 0 Å². The first kappa shape index (κ1) is 53.5. The number of carbonyl (C=O) groups is 3. The van der Waals surface area contributed by atoms with Crippen LogP contribution < -0.4 is 0 Å². The Balaban J connectivity index is 1.75. The van der Waals surface area contributed by atoms with E-state index >= 15 is 0 Å². The SMILES string of the molecule is CC[C@H]1OC(=O)[C@H](C)[C@@H](O[C@H]2C[C@@](C)(OC)[C@@H](O)[C@H](C)O2)[C@H](C)[C@@H](O[C@@H]2O[C@H](C)C[C@H](N(C)C(=O)CCCC[C@@H]3CCSS3)[C@H]2O)[C@](C)(OC)C[C@@H](C)C(=O)[C@H](C)[C@@H](O)[C@]1(C)O. The van der Waals surface area contributed by atoms with Crippen molar-refractivity contribution in [1.29, 1.82) is 0 Å². The summed E-state index contributed by atoms with van der Waals surface area (Å²) in [5.74, 6) is -3.66. The van der Waals surface area contributed by atoms with Gasteiger partial charge in [-0.2, -0.15) is 0 Å². The summed E-state index contributed by atoms with van der Waals surface area (Å²) >= 11 is 0. The number of esters is 1. The number of aliphatic hydroxyl groups excluding tert-OH is 3. The van der Waals surface area contributed by atoms with Crippen molar-refractivity contribution in [1.82, 2.24) is 4.90 Å². The molecule has 4 fully saturated rings. The number of cyclic esters (lactones) is 1. The molecule has 0 unspecified atom stereocenters. The molecule has 360 valence electrons. The van der Waals surface area contributed by atoms with Gasteiger partial charge in [0.05, 0.1) is 53.7 Å². The van der Waals surface area contributed by atoms with Crippen molar-refractivity contribution in [3.63, 3.8) is 0 Å². The number of ether oxygens (including phenoxy) is 7. The van der Waals surface area contributed by atoms with Gasteiger partial charge in [0.15, 0.2) is 12.6 Å². The van der Waals surface area contributed by atoms with Gasteiger partial charge in [0, 0.05) is 62.9 Å². The van der Waals surface area contributed by atoms with E-state index in [4.69, 9.17) is 33.2 Å². The molecule has 0 saturated carbocycles. The van der Waals surface area contributed by atoms with E-state index in [1.807, 2.05) is 35.4 Å². The highest BCUT2D eigenvalue weighted by Gasteiger charge is 2.54. The van der Waals surface area contributed by atoms with Gasteiger partial charge in [-0.25, -0.2) is 0 Å². The summed E-state index contributed by atoms with van der Waals surface area (Å²) in [5.41, 5.74) is -4.40. The minimum Gasteiger partial charge on any atom is -0.459 e. The molecule has 0 aromatic carbocycles. The molecule has 4 saturated heterocycles. The molecule has 4 aliphatic heterocycles. The van der Waals surface area contributed by atoms with Crippen molar-refractivity contribution in [3.05, 3.63) is 0 Å². The van der Waals surface area contributed by atoms with Gasteiger partial charge in [0.25, 0.3) is 0 Å². The average Bonchev–Trinajstić information content (AvgIpc) is 3.76. The minimum atomic E-state index is -2.00. The predicted octanol–water partition coefficient (Wildman–Crippen LogP) is 5.05. The Bertz CT molecular complexity index is 1470. The first-order chi connectivity index (χ1) is 29.0. The highest BCUT2D eigenvalue weighted by atomic mass is 33.1. The largest absolute Gasteiger partial charge is 0.459 e. The summed E-state index contributed by atoms with van der Waals surface area (Å²) in [6.07, 6.45) is -5.62. The summed E-state index contributed by atoms with van der Waals surface area (Å²) in [7, 11) is 8.52. The molecule has 1 amide bonds. The summed E-state index contributed by atoms with van der Waals surface area (Å²) in [6, 6.07) is -0.640. The summed E-state index contributed by atoms with van der Waals surface area (Å²) in [6.45, 7) is 16.9. The van der Waals surface area contributed by atoms with Gasteiger partial charge in [0.2, 0.25) is 5.91 Å². The minimum absolute atomic E-state index is 0.0580. The third-order valence-corrected chi connectivity index (χ3v) is 17.4. The van der Waals surface area contributed by atoms with Crippen molar-refractivity contribution in [2.75, 3.05) is 27.0 Å². The zero-order valence-corrected chi connectivity index (χ0v) is 41.1. The van der Waals surface area contributed by atoms with Crippen LogP contribution in [0.1, 0.15) is 127 Å². The standard InChI is InChI=1S/C45H79NO14S2/c1-14-32-45(10,53)38(50)26(4)35(48)24(2)22-44(9,55-13)40(27(5)37(28(6)41(52)58-32)59-34-23-43(8,54-12)39(51)29(7)57-34)60-42-36(49)31(21-25(3)56-42)46(11)33(47)18-16-15-17-30-19-20-61-62-30/h24-32,34,36-40,42,49-51,53H,14-23H2,1-13H3/t24-,25-,26+,27+,28-,29+,30-,31+,32-,34+,36-,37+,38-,39+,40-,42+,43-,44-,45-/m1/s1. The van der Waals surface area contributed by atoms with Gasteiger partial charge in [0.1, 0.15) is 29.7 Å². The van der Waals surface area contributed by atoms with Crippen LogP contribution in [0.15, 0.2) is 0 Å². The quantitative estimate of drug-likeness (QED) is 0.109. The van der Waals surface area contributed by atoms with Gasteiger partial charge < -0.3 is 58.5 Å². The predicted molar refractivity (Wildman–Crippen MR) is 237 cm³/mol. The van der Waals surface area contributed by atoms with E-state index < -0.39 is 114 Å². The topological polar surface area (TPSA) is 200 Å². The number of aliphatic hydroxyl groups is 4. The number of hydrogen-bond donors (Lipinski definition) is 4. The van der Waals surface area contributed by atoms with Crippen LogP contribution in [0.25, 0.3) is 0 Å². The number of methoxy groups -OCH3 is 2. The van der Waals surface area contributed by atoms with Crippen molar-refractivity contribution in [3.8, 4) is 0 Å². The van der Waals surface area contributed by atoms with Gasteiger partial charge in [-0.1, -0.05) is 55.7 Å². The Morgan fingerprint density at radius 1 is 0.903 bits per heavy atom. The van der Waals surface area contributed by atoms with E-state index in [0.29, 0.717) is 18.1 Å². The first-order valence-electron chi connectivity index (χ1n) is 22.7. The number of likely N-dealkylation sites (N-methyl/N-ethyl adjacent to an activating group) is 1. The molecule has 0 aromatic heterocycles. The number of nitrogens with zero attached hydrogens (tertiary/aromatic N) is 1. The lowest BCUT2D eigenvalue weighted by Gasteiger charge is -2.50. The van der Waals surface area contributed by atoms with E-state index in [9.17, 15) is 34.8 Å². The average molecular weight is 922 g/mol. The molecule has 17 heteroatoms. The second kappa shape index (κ2) is 22.6. The van der Waals surface area contributed by atoms with Crippen molar-refractivity contribution in [2.45, 2.75) is 217 Å². The Morgan fingerprint density at radius 3 is 2.16 bits per heavy atom. The number of rotatable bonds is 13. The lowest BCUT2D eigenvalue weighted by atomic mass is 9.74. The Kier molecular flexibility index (Phi) is 19.5. The molecule has 4 N–H and O–H groups in total. The maximum Gasteiger partial charge on any atom is 0.311 e. The maximum absolute atomic E-state index is 14.4. The molecule has 62 heavy (non-hydrogen) atoms. The number of amides is 1. The molecule has 4 aliphatic rings. The monoisotopic (exact) mass is 921 g/mol. The summed E-state index contributed by atoms with van der Waals surface area (Å²) < 4.78 is 44.4. The molecule has 0 aliphatic carbocycles. The lowest BCUT2D eigenvalue weighted by molar-refractivity contribution is -0.319. The van der Waals surface area contributed by atoms with E-state index in [1.165, 1.54) is 33.3 Å². The molecule has 0 radical (unpaired) electrons. The fourth-order valence-corrected chi connectivity index (χ4v) is 13.1. The van der Waals surface area contributed by atoms with E-state index in [-0.39, 0.29) is 31.0 Å². The first-order valence-corrected chi connectivity index (χ1v) is 25.1. The van der Waals surface area contributed by atoms with Gasteiger partial charge in [-0.05, 0) is 80.1 Å². The highest BCUT2D eigenvalue weighted by molar-refractivity contribution is 8.77. The third-order valence-electron chi connectivity index (χ3n) is 14.4. The zero-order valence-electron chi connectivity index (χ0n) is 39.4. The summed E-state index contributed by atoms with van der Waals surface area (Å²) in [4.78, 5) is 43.7. The number of ketones is 1. The number of unbranched alkanes of at least 4 members (excludes halogenated alkanes) is 1. The number of Topliss-reactive ketones (excluding diaryl/α,β-unsaturated/α-hetero) is 1. The van der Waals surface area contributed by atoms with Crippen LogP contribution in [0.2, 0.25) is 0 Å². The summed E-state index contributed by atoms with van der Waals surface area (Å²) in [5, 5.41) is 47.0. The number of hydrogen-bond acceptors (Lipinski definition) is 16. The second-order valence-electron chi connectivity index (χ2n) is 19.2. The van der Waals surface area contributed by atoms with Crippen molar-refractivity contribution < 1.29 is 68.0 Å². The molecule has 4 rings (SSSR count). The van der Waals surface area contributed by atoms with Crippen LogP contribution in [0, 0.1) is 23.7 Å². The smallest absolute Gasteiger partial charge is 0.311 e. The second-order valence-corrected chi connectivity index (χ2v) is 22.0. The fraction of sp³-hybridized carbons (Fsp3) is 0.933. The van der Waals surface area contributed by atoms with Crippen LogP contribution in [-0.4, -0.2) is 160 Å². The molecule has 15 nitrogen and oxygen atoms in total.